The Morgan fingerprint density at radius 2 is 2.39 bits per heavy atom. The van der Waals surface area contributed by atoms with E-state index in [0.29, 0.717) is 10.3 Å². The highest BCUT2D eigenvalue weighted by Crippen LogP contribution is 2.20. The minimum Gasteiger partial charge on any atom is -0.298 e. The quantitative estimate of drug-likeness (QED) is 0.880. The minimum atomic E-state index is -0.246. The monoisotopic (exact) mass is 282 g/mol. The van der Waals surface area contributed by atoms with Crippen molar-refractivity contribution in [2.75, 3.05) is 5.32 Å². The van der Waals surface area contributed by atoms with Gasteiger partial charge in [0.15, 0.2) is 5.13 Å². The van der Waals surface area contributed by atoms with Gasteiger partial charge in [0.25, 0.3) is 0 Å². The molecule has 2 aromatic heterocycles. The highest BCUT2D eigenvalue weighted by atomic mass is 35.5. The highest BCUT2D eigenvalue weighted by Gasteiger charge is 2.08. The summed E-state index contributed by atoms with van der Waals surface area (Å²) in [5.41, 5.74) is 1.52. The molecule has 2 heterocycles. The molecule has 94 valence electrons. The average molecular weight is 283 g/mol. The van der Waals surface area contributed by atoms with E-state index in [-0.39, 0.29) is 5.91 Å². The summed E-state index contributed by atoms with van der Waals surface area (Å²) in [6.07, 6.45) is 4.69. The first-order valence-corrected chi connectivity index (χ1v) is 6.41. The third-order valence-corrected chi connectivity index (χ3v) is 3.40. The summed E-state index contributed by atoms with van der Waals surface area (Å²) in [7, 11) is 1.75. The minimum absolute atomic E-state index is 0.246. The predicted molar refractivity (Wildman–Crippen MR) is 72.7 cm³/mol. The third-order valence-electron chi connectivity index (χ3n) is 2.26. The normalized spacial score (nSPS) is 11.1. The molecule has 0 aromatic carbocycles. The van der Waals surface area contributed by atoms with Crippen LogP contribution in [0, 0.1) is 6.92 Å². The van der Waals surface area contributed by atoms with E-state index in [2.05, 4.69) is 15.4 Å². The molecule has 0 aliphatic rings. The lowest BCUT2D eigenvalue weighted by atomic mass is 10.2. The van der Waals surface area contributed by atoms with Gasteiger partial charge in [-0.15, -0.1) is 11.3 Å². The second kappa shape index (κ2) is 5.32. The van der Waals surface area contributed by atoms with Gasteiger partial charge in [0.1, 0.15) is 5.15 Å². The fourth-order valence-corrected chi connectivity index (χ4v) is 2.20. The molecule has 0 saturated heterocycles. The van der Waals surface area contributed by atoms with Crippen LogP contribution < -0.4 is 5.32 Å². The molecule has 0 atom stereocenters. The fraction of sp³-hybridized carbons (Fsp3) is 0.182. The van der Waals surface area contributed by atoms with Crippen molar-refractivity contribution in [3.05, 3.63) is 34.1 Å². The van der Waals surface area contributed by atoms with Gasteiger partial charge in [-0.25, -0.2) is 4.98 Å². The Morgan fingerprint density at radius 1 is 1.61 bits per heavy atom. The van der Waals surface area contributed by atoms with Gasteiger partial charge in [-0.2, -0.15) is 5.10 Å². The van der Waals surface area contributed by atoms with E-state index < -0.39 is 0 Å². The number of carbonyl (C=O) groups is 1. The average Bonchev–Trinajstić information content (AvgIpc) is 2.88. The summed E-state index contributed by atoms with van der Waals surface area (Å²) >= 11 is 7.41. The number of halogens is 1. The maximum absolute atomic E-state index is 11.6. The maximum atomic E-state index is 11.6. The molecule has 1 N–H and O–H groups in total. The van der Waals surface area contributed by atoms with Crippen molar-refractivity contribution in [2.45, 2.75) is 6.92 Å². The first kappa shape index (κ1) is 12.8. The Balaban J connectivity index is 2.09. The van der Waals surface area contributed by atoms with Crippen molar-refractivity contribution < 1.29 is 4.79 Å². The van der Waals surface area contributed by atoms with Crippen LogP contribution in [0.5, 0.6) is 0 Å². The summed E-state index contributed by atoms with van der Waals surface area (Å²) in [4.78, 5) is 15.6. The molecule has 1 amide bonds. The van der Waals surface area contributed by atoms with Crippen LogP contribution >= 0.6 is 22.9 Å². The zero-order chi connectivity index (χ0) is 13.1. The lowest BCUT2D eigenvalue weighted by Gasteiger charge is -1.95. The van der Waals surface area contributed by atoms with Crippen molar-refractivity contribution in [2.24, 2.45) is 7.05 Å². The number of thiazole rings is 1. The van der Waals surface area contributed by atoms with Crippen LogP contribution in [0.4, 0.5) is 5.13 Å². The summed E-state index contributed by atoms with van der Waals surface area (Å²) < 4.78 is 1.56. The van der Waals surface area contributed by atoms with Crippen molar-refractivity contribution in [1.29, 1.82) is 0 Å². The van der Waals surface area contributed by atoms with Crippen molar-refractivity contribution in [1.82, 2.24) is 14.8 Å². The Labute approximate surface area is 113 Å². The lowest BCUT2D eigenvalue weighted by Crippen LogP contribution is -2.07. The van der Waals surface area contributed by atoms with E-state index in [4.69, 9.17) is 11.6 Å². The third kappa shape index (κ3) is 2.77. The van der Waals surface area contributed by atoms with Gasteiger partial charge in [0.05, 0.1) is 5.69 Å². The van der Waals surface area contributed by atoms with Crippen LogP contribution in [0.15, 0.2) is 17.7 Å². The van der Waals surface area contributed by atoms with Gasteiger partial charge in [0, 0.05) is 30.3 Å². The molecule has 0 bridgehead atoms. The second-order valence-electron chi connectivity index (χ2n) is 3.57. The summed E-state index contributed by atoms with van der Waals surface area (Å²) in [5, 5.41) is 9.67. The van der Waals surface area contributed by atoms with Gasteiger partial charge in [-0.1, -0.05) is 11.6 Å². The zero-order valence-electron chi connectivity index (χ0n) is 9.85. The van der Waals surface area contributed by atoms with Crippen LogP contribution in [0.3, 0.4) is 0 Å². The van der Waals surface area contributed by atoms with E-state index >= 15 is 0 Å². The molecule has 0 fully saturated rings. The first-order valence-electron chi connectivity index (χ1n) is 5.15. The smallest absolute Gasteiger partial charge is 0.250 e. The Hall–Kier alpha value is -1.66. The van der Waals surface area contributed by atoms with Crippen LogP contribution in [0.2, 0.25) is 5.15 Å². The van der Waals surface area contributed by atoms with Crippen LogP contribution in [-0.2, 0) is 11.8 Å². The van der Waals surface area contributed by atoms with Crippen molar-refractivity contribution in [3.63, 3.8) is 0 Å². The molecular weight excluding hydrogens is 272 g/mol. The van der Waals surface area contributed by atoms with Crippen molar-refractivity contribution in [3.8, 4) is 0 Å². The number of nitrogens with one attached hydrogen (secondary N) is 1. The van der Waals surface area contributed by atoms with E-state index in [9.17, 15) is 4.79 Å². The number of rotatable bonds is 3. The van der Waals surface area contributed by atoms with E-state index in [1.54, 1.807) is 29.4 Å². The number of nitrogens with zero attached hydrogens (tertiary/aromatic N) is 3. The van der Waals surface area contributed by atoms with Gasteiger partial charge < -0.3 is 0 Å². The van der Waals surface area contributed by atoms with Gasteiger partial charge in [-0.05, 0) is 13.0 Å². The molecule has 0 aliphatic carbocycles. The topological polar surface area (TPSA) is 59.8 Å². The van der Waals surface area contributed by atoms with E-state index in [0.717, 1.165) is 11.3 Å². The molecule has 0 saturated carbocycles. The Bertz CT molecular complexity index is 588. The first-order chi connectivity index (χ1) is 8.58. The summed E-state index contributed by atoms with van der Waals surface area (Å²) in [6.45, 7) is 1.84. The van der Waals surface area contributed by atoms with Crippen LogP contribution in [-0.4, -0.2) is 20.7 Å². The van der Waals surface area contributed by atoms with Gasteiger partial charge >= 0.3 is 0 Å². The number of amides is 1. The molecule has 0 radical (unpaired) electrons. The fourth-order valence-electron chi connectivity index (χ4n) is 1.43. The number of aryl methyl sites for hydroxylation is 2. The summed E-state index contributed by atoms with van der Waals surface area (Å²) in [5.74, 6) is -0.246. The second-order valence-corrected chi connectivity index (χ2v) is 4.83. The molecule has 0 spiro atoms. The van der Waals surface area contributed by atoms with Gasteiger partial charge in [-0.3, -0.25) is 14.8 Å². The Kier molecular flexibility index (Phi) is 3.78. The molecule has 2 aromatic rings. The molecule has 7 heteroatoms. The maximum Gasteiger partial charge on any atom is 0.250 e. The van der Waals surface area contributed by atoms with E-state index in [1.807, 2.05) is 6.92 Å². The number of hydrogen-bond acceptors (Lipinski definition) is 4. The van der Waals surface area contributed by atoms with Crippen LogP contribution in [0.1, 0.15) is 11.3 Å². The van der Waals surface area contributed by atoms with Crippen LogP contribution in [0.25, 0.3) is 6.08 Å². The lowest BCUT2D eigenvalue weighted by molar-refractivity contribution is -0.111. The Morgan fingerprint density at radius 3 is 2.94 bits per heavy atom. The molecule has 2 rings (SSSR count). The molecule has 5 nitrogen and oxygen atoms in total. The van der Waals surface area contributed by atoms with Crippen molar-refractivity contribution >= 4 is 40.1 Å². The number of anilines is 1. The SMILES string of the molecule is Cc1nn(C)c(Cl)c1/C=C/C(=O)Nc1nccs1. The van der Waals surface area contributed by atoms with Gasteiger partial charge in [0.2, 0.25) is 5.91 Å². The standard InChI is InChI=1S/C11H11ClN4OS/c1-7-8(10(12)16(2)15-7)3-4-9(17)14-11-13-5-6-18-11/h3-6H,1-2H3,(H,13,14,17)/b4-3+. The highest BCUT2D eigenvalue weighted by molar-refractivity contribution is 7.13. The zero-order valence-corrected chi connectivity index (χ0v) is 11.4. The molecule has 18 heavy (non-hydrogen) atoms. The van der Waals surface area contributed by atoms with E-state index in [1.165, 1.54) is 17.4 Å². The largest absolute Gasteiger partial charge is 0.298 e. The number of carbonyl (C=O) groups excluding carboxylic acids is 1. The summed E-state index contributed by atoms with van der Waals surface area (Å²) in [6, 6.07) is 0. The molecule has 0 unspecified atom stereocenters. The number of aromatic nitrogens is 3. The molecule has 0 aliphatic heterocycles. The molecular formula is C11H11ClN4OS. The number of hydrogen-bond donors (Lipinski definition) is 1. The predicted octanol–water partition coefficient (Wildman–Crippen LogP) is 2.49.